The van der Waals surface area contributed by atoms with Gasteiger partial charge in [-0.15, -0.1) is 21.5 Å². The minimum absolute atomic E-state index is 0.0636. The van der Waals surface area contributed by atoms with Gasteiger partial charge < -0.3 is 10.0 Å². The van der Waals surface area contributed by atoms with Crippen LogP contribution in [0.3, 0.4) is 0 Å². The van der Waals surface area contributed by atoms with Gasteiger partial charge in [0, 0.05) is 11.9 Å². The highest BCUT2D eigenvalue weighted by Gasteiger charge is 2.09. The zero-order chi connectivity index (χ0) is 13.1. The molecule has 2 rings (SSSR count). The van der Waals surface area contributed by atoms with Crippen LogP contribution in [0.15, 0.2) is 24.3 Å². The van der Waals surface area contributed by atoms with E-state index in [0.717, 1.165) is 9.21 Å². The molecule has 94 valence electrons. The first kappa shape index (κ1) is 12.8. The summed E-state index contributed by atoms with van der Waals surface area (Å²) in [6.45, 7) is 0.651. The molecule has 0 spiro atoms. The molecule has 0 saturated heterocycles. The number of aromatic nitrogens is 2. The van der Waals surface area contributed by atoms with Crippen LogP contribution in [-0.2, 0) is 6.54 Å². The van der Waals surface area contributed by atoms with E-state index in [4.69, 9.17) is 16.7 Å². The van der Waals surface area contributed by atoms with Gasteiger partial charge in [0.15, 0.2) is 11.5 Å². The van der Waals surface area contributed by atoms with E-state index < -0.39 is 5.97 Å². The summed E-state index contributed by atoms with van der Waals surface area (Å²) in [5.74, 6) is -0.466. The Morgan fingerprint density at radius 1 is 1.39 bits per heavy atom. The molecule has 2 aromatic heterocycles. The van der Waals surface area contributed by atoms with Gasteiger partial charge in [-0.25, -0.2) is 4.79 Å². The van der Waals surface area contributed by atoms with E-state index in [1.165, 1.54) is 17.4 Å². The molecule has 5 nitrogen and oxygen atoms in total. The Morgan fingerprint density at radius 2 is 2.17 bits per heavy atom. The average Bonchev–Trinajstić information content (AvgIpc) is 2.75. The zero-order valence-corrected chi connectivity index (χ0v) is 11.1. The summed E-state index contributed by atoms with van der Waals surface area (Å²) in [4.78, 5) is 13.6. The van der Waals surface area contributed by atoms with Crippen LogP contribution in [0, 0.1) is 0 Å². The second-order valence-electron chi connectivity index (χ2n) is 3.64. The number of nitrogens with zero attached hydrogens (tertiary/aromatic N) is 3. The summed E-state index contributed by atoms with van der Waals surface area (Å²) in [5.41, 5.74) is -0.0636. The molecular weight excluding hydrogens is 274 g/mol. The lowest BCUT2D eigenvalue weighted by molar-refractivity contribution is 0.0689. The third kappa shape index (κ3) is 2.96. The van der Waals surface area contributed by atoms with Crippen molar-refractivity contribution in [2.45, 2.75) is 6.54 Å². The number of halogens is 1. The highest BCUT2D eigenvalue weighted by atomic mass is 35.5. The number of aromatic carboxylic acids is 1. The third-order valence-corrected chi connectivity index (χ3v) is 3.50. The van der Waals surface area contributed by atoms with Crippen molar-refractivity contribution in [2.75, 3.05) is 11.9 Å². The number of thiophene rings is 1. The van der Waals surface area contributed by atoms with Gasteiger partial charge in [0.25, 0.3) is 0 Å². The molecule has 0 aliphatic carbocycles. The Balaban J connectivity index is 2.09. The number of carboxylic acids is 1. The first-order valence-electron chi connectivity index (χ1n) is 5.08. The Hall–Kier alpha value is -1.66. The first-order chi connectivity index (χ1) is 8.56. The van der Waals surface area contributed by atoms with Gasteiger partial charge in [-0.1, -0.05) is 11.6 Å². The van der Waals surface area contributed by atoms with Crippen LogP contribution in [0.25, 0.3) is 0 Å². The molecule has 0 bridgehead atoms. The minimum Gasteiger partial charge on any atom is -0.476 e. The van der Waals surface area contributed by atoms with Gasteiger partial charge >= 0.3 is 5.97 Å². The van der Waals surface area contributed by atoms with E-state index in [1.807, 2.05) is 24.1 Å². The number of hydrogen-bond acceptors (Lipinski definition) is 5. The number of carboxylic acid groups (broad SMARTS) is 1. The molecule has 0 radical (unpaired) electrons. The summed E-state index contributed by atoms with van der Waals surface area (Å²) in [6.07, 6.45) is 0. The molecular formula is C11H10ClN3O2S. The fraction of sp³-hybridized carbons (Fsp3) is 0.182. The van der Waals surface area contributed by atoms with Crippen molar-refractivity contribution >= 4 is 34.7 Å². The van der Waals surface area contributed by atoms with Crippen molar-refractivity contribution < 1.29 is 9.90 Å². The van der Waals surface area contributed by atoms with Gasteiger partial charge in [-0.2, -0.15) is 0 Å². The van der Waals surface area contributed by atoms with Gasteiger partial charge in [0.05, 0.1) is 10.9 Å². The summed E-state index contributed by atoms with van der Waals surface area (Å²) in [6, 6.07) is 6.85. The molecule has 0 aliphatic heterocycles. The molecule has 2 heterocycles. The molecule has 0 aromatic carbocycles. The van der Waals surface area contributed by atoms with Crippen molar-refractivity contribution in [3.63, 3.8) is 0 Å². The number of anilines is 1. The lowest BCUT2D eigenvalue weighted by Gasteiger charge is -2.16. The second-order valence-corrected chi connectivity index (χ2v) is 5.44. The largest absolute Gasteiger partial charge is 0.476 e. The standard InChI is InChI=1S/C11H10ClN3O2S/c1-15(6-7-2-4-9(12)18-7)10-5-3-8(11(16)17)13-14-10/h2-5H,6H2,1H3,(H,16,17). The topological polar surface area (TPSA) is 66.3 Å². The maximum atomic E-state index is 10.6. The van der Waals surface area contributed by atoms with Gasteiger partial charge in [-0.3, -0.25) is 0 Å². The van der Waals surface area contributed by atoms with Crippen molar-refractivity contribution in [3.05, 3.63) is 39.2 Å². The molecule has 0 aliphatic rings. The van der Waals surface area contributed by atoms with E-state index in [9.17, 15) is 4.79 Å². The van der Waals surface area contributed by atoms with E-state index in [-0.39, 0.29) is 5.69 Å². The fourth-order valence-corrected chi connectivity index (χ4v) is 2.54. The predicted molar refractivity (Wildman–Crippen MR) is 70.4 cm³/mol. The zero-order valence-electron chi connectivity index (χ0n) is 9.50. The summed E-state index contributed by atoms with van der Waals surface area (Å²) < 4.78 is 0.741. The normalized spacial score (nSPS) is 10.3. The second kappa shape index (κ2) is 5.32. The van der Waals surface area contributed by atoms with Crippen molar-refractivity contribution in [2.24, 2.45) is 0 Å². The van der Waals surface area contributed by atoms with E-state index in [2.05, 4.69) is 10.2 Å². The molecule has 18 heavy (non-hydrogen) atoms. The van der Waals surface area contributed by atoms with Crippen molar-refractivity contribution in [3.8, 4) is 0 Å². The lowest BCUT2D eigenvalue weighted by atomic mass is 10.3. The predicted octanol–water partition coefficient (Wildman–Crippen LogP) is 2.53. The van der Waals surface area contributed by atoms with Crippen LogP contribution in [0.4, 0.5) is 5.82 Å². The molecule has 0 fully saturated rings. The van der Waals surface area contributed by atoms with E-state index in [0.29, 0.717) is 12.4 Å². The Labute approximate surface area is 113 Å². The molecule has 1 N–H and O–H groups in total. The molecule has 7 heteroatoms. The number of rotatable bonds is 4. The van der Waals surface area contributed by atoms with Crippen molar-refractivity contribution in [1.29, 1.82) is 0 Å². The van der Waals surface area contributed by atoms with Crippen molar-refractivity contribution in [1.82, 2.24) is 10.2 Å². The number of hydrogen-bond donors (Lipinski definition) is 1. The SMILES string of the molecule is CN(Cc1ccc(Cl)s1)c1ccc(C(=O)O)nn1. The van der Waals surface area contributed by atoms with Crippen LogP contribution in [-0.4, -0.2) is 28.3 Å². The van der Waals surface area contributed by atoms with Crippen LogP contribution < -0.4 is 4.90 Å². The monoisotopic (exact) mass is 283 g/mol. The Morgan fingerprint density at radius 3 is 2.67 bits per heavy atom. The van der Waals surface area contributed by atoms with Crippen LogP contribution in [0.1, 0.15) is 15.4 Å². The summed E-state index contributed by atoms with van der Waals surface area (Å²) in [5, 5.41) is 16.2. The summed E-state index contributed by atoms with van der Waals surface area (Å²) in [7, 11) is 1.86. The van der Waals surface area contributed by atoms with Gasteiger partial charge in [0.1, 0.15) is 0 Å². The van der Waals surface area contributed by atoms with Gasteiger partial charge in [-0.05, 0) is 24.3 Å². The fourth-order valence-electron chi connectivity index (χ4n) is 1.39. The Kier molecular flexibility index (Phi) is 3.78. The maximum absolute atomic E-state index is 10.6. The third-order valence-electron chi connectivity index (χ3n) is 2.28. The van der Waals surface area contributed by atoms with Crippen LogP contribution >= 0.6 is 22.9 Å². The minimum atomic E-state index is -1.08. The lowest BCUT2D eigenvalue weighted by Crippen LogP contribution is -2.18. The first-order valence-corrected chi connectivity index (χ1v) is 6.28. The van der Waals surface area contributed by atoms with Gasteiger partial charge in [0.2, 0.25) is 0 Å². The van der Waals surface area contributed by atoms with E-state index >= 15 is 0 Å². The number of carbonyl (C=O) groups is 1. The molecule has 0 amide bonds. The molecule has 0 unspecified atom stereocenters. The van der Waals surface area contributed by atoms with Crippen LogP contribution in [0.5, 0.6) is 0 Å². The summed E-state index contributed by atoms with van der Waals surface area (Å²) >= 11 is 7.35. The smallest absolute Gasteiger partial charge is 0.356 e. The highest BCUT2D eigenvalue weighted by Crippen LogP contribution is 2.23. The van der Waals surface area contributed by atoms with E-state index in [1.54, 1.807) is 6.07 Å². The molecule has 0 atom stereocenters. The molecule has 2 aromatic rings. The maximum Gasteiger partial charge on any atom is 0.356 e. The quantitative estimate of drug-likeness (QED) is 0.934. The van der Waals surface area contributed by atoms with Crippen LogP contribution in [0.2, 0.25) is 4.34 Å². The Bertz CT molecular complexity index is 556. The highest BCUT2D eigenvalue weighted by molar-refractivity contribution is 7.16. The molecule has 0 saturated carbocycles. The average molecular weight is 284 g/mol.